The minimum absolute atomic E-state index is 0.0347. The fourth-order valence-electron chi connectivity index (χ4n) is 5.56. The molecule has 2 fully saturated rings. The second-order valence-corrected chi connectivity index (χ2v) is 10.1. The van der Waals surface area contributed by atoms with Crippen molar-refractivity contribution in [2.45, 2.75) is 50.7 Å². The Labute approximate surface area is 202 Å². The average molecular weight is 479 g/mol. The zero-order valence-corrected chi connectivity index (χ0v) is 19.9. The van der Waals surface area contributed by atoms with Gasteiger partial charge in [0.1, 0.15) is 29.9 Å². The third-order valence-electron chi connectivity index (χ3n) is 7.07. The van der Waals surface area contributed by atoms with E-state index in [9.17, 15) is 0 Å². The molecule has 3 aliphatic rings. The Kier molecular flexibility index (Phi) is 4.95. The number of nitrogens with two attached hydrogens (primary N) is 2. The Morgan fingerprint density at radius 2 is 1.94 bits per heavy atom. The molecule has 34 heavy (non-hydrogen) atoms. The van der Waals surface area contributed by atoms with Crippen LogP contribution in [0, 0.1) is 5.92 Å². The van der Waals surface area contributed by atoms with Crippen LogP contribution in [0.5, 0.6) is 0 Å². The van der Waals surface area contributed by atoms with Crippen molar-refractivity contribution in [1.29, 1.82) is 0 Å². The van der Waals surface area contributed by atoms with E-state index in [0.29, 0.717) is 16.7 Å². The van der Waals surface area contributed by atoms with Gasteiger partial charge in [0.05, 0.1) is 22.7 Å². The number of anilines is 3. The summed E-state index contributed by atoms with van der Waals surface area (Å²) in [5.74, 6) is 1.39. The maximum Gasteiger partial charge on any atom is 0.163 e. The van der Waals surface area contributed by atoms with Crippen LogP contribution in [-0.2, 0) is 15.9 Å². The molecule has 1 saturated heterocycles. The molecule has 1 aliphatic carbocycles. The number of hydrogen-bond acceptors (Lipinski definition) is 8. The molecule has 0 amide bonds. The van der Waals surface area contributed by atoms with Gasteiger partial charge in [0.25, 0.3) is 0 Å². The molecule has 6 rings (SSSR count). The average Bonchev–Trinajstić information content (AvgIpc) is 3.45. The quantitative estimate of drug-likeness (QED) is 0.584. The van der Waals surface area contributed by atoms with E-state index >= 15 is 0 Å². The first-order chi connectivity index (χ1) is 16.3. The summed E-state index contributed by atoms with van der Waals surface area (Å²) in [5.41, 5.74) is 14.9. The molecule has 3 aromatic rings. The van der Waals surface area contributed by atoms with Gasteiger partial charge >= 0.3 is 0 Å². The molecule has 0 bridgehead atoms. The summed E-state index contributed by atoms with van der Waals surface area (Å²) in [7, 11) is 0. The molecule has 0 radical (unpaired) electrons. The van der Waals surface area contributed by atoms with Gasteiger partial charge in [0.15, 0.2) is 5.79 Å². The summed E-state index contributed by atoms with van der Waals surface area (Å²) in [5, 5.41) is 1.43. The lowest BCUT2D eigenvalue weighted by atomic mass is 10.0. The number of aromatic nitrogens is 3. The molecule has 4 heterocycles. The molecule has 2 aliphatic heterocycles. The Morgan fingerprint density at radius 1 is 1.12 bits per heavy atom. The predicted octanol–water partition coefficient (Wildman–Crippen LogP) is 3.83. The number of pyridine rings is 1. The van der Waals surface area contributed by atoms with Crippen LogP contribution in [0.3, 0.4) is 0 Å². The lowest BCUT2D eigenvalue weighted by Crippen LogP contribution is -2.43. The number of nitrogen functional groups attached to an aromatic ring is 2. The number of fused-ring (bicyclic) bond motifs is 3. The summed E-state index contributed by atoms with van der Waals surface area (Å²) in [6, 6.07) is 8.08. The predicted molar refractivity (Wildman–Crippen MR) is 133 cm³/mol. The highest BCUT2D eigenvalue weighted by Gasteiger charge is 2.55. The topological polar surface area (TPSA) is 112 Å². The molecule has 4 N–H and O–H groups in total. The molecule has 8 nitrogen and oxygen atoms in total. The van der Waals surface area contributed by atoms with Crippen molar-refractivity contribution in [2.24, 2.45) is 5.92 Å². The monoisotopic (exact) mass is 478 g/mol. The number of benzene rings is 1. The summed E-state index contributed by atoms with van der Waals surface area (Å²) in [6.45, 7) is 4.81. The van der Waals surface area contributed by atoms with Crippen LogP contribution in [0.2, 0.25) is 5.02 Å². The highest BCUT2D eigenvalue weighted by molar-refractivity contribution is 6.33. The minimum atomic E-state index is -0.628. The molecule has 4 atom stereocenters. The molecular formula is C25H27ClN6O2. The molecule has 176 valence electrons. The molecule has 1 aromatic carbocycles. The third kappa shape index (κ3) is 3.57. The Hall–Kier alpha value is -2.94. The van der Waals surface area contributed by atoms with Crippen LogP contribution in [0.25, 0.3) is 17.0 Å². The standard InChI is InChI=1S/C25H27ClN6O2/c1-25(2)33-20-15(6-4-13-3-5-14-10-17(26)23(28)31-18(14)9-13)11-19(21(20)34-25)32-8-7-16-22(27)29-12-30-24(16)32/h3-6,9-10,12,15,19-21H,7-8,11H2,1-2H3,(H2,28,31)(H2,27,29,30)/b6-4+/t15-,19+,20+,21-/m0/s1. The fraction of sp³-hybridized carbons (Fsp3) is 0.400. The first-order valence-electron chi connectivity index (χ1n) is 11.5. The van der Waals surface area contributed by atoms with Gasteiger partial charge in [-0.25, -0.2) is 15.0 Å². The van der Waals surface area contributed by atoms with Crippen LogP contribution in [0.15, 0.2) is 36.7 Å². The van der Waals surface area contributed by atoms with Crippen molar-refractivity contribution < 1.29 is 9.47 Å². The fourth-order valence-corrected chi connectivity index (χ4v) is 5.72. The number of halogens is 1. The zero-order valence-electron chi connectivity index (χ0n) is 19.1. The first-order valence-corrected chi connectivity index (χ1v) is 11.9. The Bertz CT molecular complexity index is 1310. The molecule has 0 unspecified atom stereocenters. The molecular weight excluding hydrogens is 452 g/mol. The highest BCUT2D eigenvalue weighted by Crippen LogP contribution is 2.46. The number of rotatable bonds is 3. The molecule has 9 heteroatoms. The Morgan fingerprint density at radius 3 is 2.79 bits per heavy atom. The second-order valence-electron chi connectivity index (χ2n) is 9.70. The van der Waals surface area contributed by atoms with Crippen molar-refractivity contribution >= 4 is 46.0 Å². The van der Waals surface area contributed by atoms with E-state index in [2.05, 4.69) is 38.1 Å². The second kappa shape index (κ2) is 7.80. The van der Waals surface area contributed by atoms with Crippen LogP contribution in [-0.4, -0.2) is 45.5 Å². The number of nitrogens with zero attached hydrogens (tertiary/aromatic N) is 4. The summed E-state index contributed by atoms with van der Waals surface area (Å²) in [6.07, 6.45) is 7.56. The van der Waals surface area contributed by atoms with Crippen LogP contribution < -0.4 is 16.4 Å². The van der Waals surface area contributed by atoms with Gasteiger partial charge in [-0.05, 0) is 44.4 Å². The van der Waals surface area contributed by atoms with Crippen molar-refractivity contribution in [3.05, 3.63) is 52.8 Å². The van der Waals surface area contributed by atoms with E-state index < -0.39 is 5.79 Å². The van der Waals surface area contributed by atoms with Gasteiger partial charge in [-0.2, -0.15) is 0 Å². The highest BCUT2D eigenvalue weighted by atomic mass is 35.5. The third-order valence-corrected chi connectivity index (χ3v) is 7.37. The molecule has 0 spiro atoms. The van der Waals surface area contributed by atoms with E-state index in [-0.39, 0.29) is 24.2 Å². The maximum absolute atomic E-state index is 6.40. The van der Waals surface area contributed by atoms with Gasteiger partial charge in [-0.1, -0.05) is 35.9 Å². The first kappa shape index (κ1) is 21.6. The summed E-state index contributed by atoms with van der Waals surface area (Å²) >= 11 is 6.11. The van der Waals surface area contributed by atoms with Gasteiger partial charge in [0.2, 0.25) is 0 Å². The van der Waals surface area contributed by atoms with E-state index in [1.54, 1.807) is 6.33 Å². The van der Waals surface area contributed by atoms with E-state index in [4.69, 9.17) is 32.5 Å². The lowest BCUT2D eigenvalue weighted by Gasteiger charge is -2.31. The maximum atomic E-state index is 6.40. The smallest absolute Gasteiger partial charge is 0.163 e. The van der Waals surface area contributed by atoms with Gasteiger partial charge in [-0.15, -0.1) is 0 Å². The van der Waals surface area contributed by atoms with Gasteiger partial charge in [-0.3, -0.25) is 0 Å². The lowest BCUT2D eigenvalue weighted by molar-refractivity contribution is -0.155. The number of ether oxygens (including phenoxy) is 2. The number of hydrogen-bond donors (Lipinski definition) is 2. The van der Waals surface area contributed by atoms with Crippen LogP contribution in [0.1, 0.15) is 31.4 Å². The normalized spacial score (nSPS) is 27.6. The Balaban J connectivity index is 1.29. The SMILES string of the molecule is CC1(C)O[C@@H]2[C@H](O1)[C@@H](/C=C/c1ccc3cc(Cl)c(N)nc3c1)C[C@H]2N1CCc2c(N)ncnc21. The zero-order chi connectivity index (χ0) is 23.6. The molecule has 2 aromatic heterocycles. The van der Waals surface area contributed by atoms with Crippen molar-refractivity contribution in [1.82, 2.24) is 15.0 Å². The van der Waals surface area contributed by atoms with Gasteiger partial charge in [0, 0.05) is 23.4 Å². The minimum Gasteiger partial charge on any atom is -0.383 e. The summed E-state index contributed by atoms with van der Waals surface area (Å²) in [4.78, 5) is 15.5. The largest absolute Gasteiger partial charge is 0.383 e. The van der Waals surface area contributed by atoms with E-state index in [1.807, 2.05) is 32.0 Å². The molecule has 1 saturated carbocycles. The van der Waals surface area contributed by atoms with Crippen molar-refractivity contribution in [2.75, 3.05) is 22.9 Å². The summed E-state index contributed by atoms with van der Waals surface area (Å²) < 4.78 is 12.8. The van der Waals surface area contributed by atoms with Gasteiger partial charge < -0.3 is 25.8 Å². The van der Waals surface area contributed by atoms with Crippen LogP contribution >= 0.6 is 11.6 Å². The van der Waals surface area contributed by atoms with Crippen molar-refractivity contribution in [3.63, 3.8) is 0 Å². The van der Waals surface area contributed by atoms with E-state index in [0.717, 1.165) is 47.2 Å². The van der Waals surface area contributed by atoms with Crippen molar-refractivity contribution in [3.8, 4) is 0 Å². The van der Waals surface area contributed by atoms with E-state index in [1.165, 1.54) is 0 Å². The van der Waals surface area contributed by atoms with Crippen LogP contribution in [0.4, 0.5) is 17.5 Å².